The second-order valence-electron chi connectivity index (χ2n) is 5.64. The van der Waals surface area contributed by atoms with Crippen LogP contribution in [0.4, 0.5) is 0 Å². The van der Waals surface area contributed by atoms with Gasteiger partial charge in [-0.1, -0.05) is 0 Å². The van der Waals surface area contributed by atoms with Crippen molar-refractivity contribution in [1.82, 2.24) is 10.3 Å². The smallest absolute Gasteiger partial charge is 0.251 e. The highest BCUT2D eigenvalue weighted by Crippen LogP contribution is 2.38. The summed E-state index contributed by atoms with van der Waals surface area (Å²) in [7, 11) is -1.46. The Hall–Kier alpha value is -1.63. The first-order valence-corrected chi connectivity index (χ1v) is 8.65. The van der Waals surface area contributed by atoms with Crippen LogP contribution >= 0.6 is 0 Å². The van der Waals surface area contributed by atoms with Gasteiger partial charge in [-0.05, 0) is 31.7 Å². The Kier molecular flexibility index (Phi) is 3.61. The average Bonchev–Trinajstić information content (AvgIpc) is 2.67. The zero-order chi connectivity index (χ0) is 15.0. The topological polar surface area (TPSA) is 85.4 Å². The van der Waals surface area contributed by atoms with Crippen LogP contribution in [0.1, 0.15) is 36.0 Å². The quantitative estimate of drug-likeness (QED) is 0.897. The molecule has 2 fully saturated rings. The molecule has 7 heteroatoms. The molecule has 114 valence electrons. The molecule has 2 saturated heterocycles. The van der Waals surface area contributed by atoms with Crippen LogP contribution in [0.3, 0.4) is 0 Å². The highest BCUT2D eigenvalue weighted by molar-refractivity contribution is 7.93. The summed E-state index contributed by atoms with van der Waals surface area (Å²) < 4.78 is 29.0. The van der Waals surface area contributed by atoms with Crippen molar-refractivity contribution in [3.05, 3.63) is 23.9 Å². The minimum absolute atomic E-state index is 0.0716. The van der Waals surface area contributed by atoms with Crippen molar-refractivity contribution >= 4 is 15.7 Å². The lowest BCUT2D eigenvalue weighted by Gasteiger charge is -2.28. The molecule has 2 unspecified atom stereocenters. The number of nitrogens with one attached hydrogen (secondary N) is 1. The zero-order valence-electron chi connectivity index (χ0n) is 11.8. The third-order valence-electron chi connectivity index (χ3n) is 4.38. The molecule has 3 heterocycles. The number of methoxy groups -OCH3 is 1. The Balaban J connectivity index is 1.69. The van der Waals surface area contributed by atoms with Gasteiger partial charge in [-0.25, -0.2) is 13.4 Å². The van der Waals surface area contributed by atoms with Crippen LogP contribution in [0.2, 0.25) is 0 Å². The molecule has 0 aliphatic carbocycles. The molecule has 0 saturated carbocycles. The second-order valence-corrected chi connectivity index (χ2v) is 8.15. The van der Waals surface area contributed by atoms with E-state index in [0.717, 1.165) is 12.8 Å². The van der Waals surface area contributed by atoms with Crippen molar-refractivity contribution in [2.75, 3.05) is 7.11 Å². The number of nitrogens with zero attached hydrogens (tertiary/aromatic N) is 1. The van der Waals surface area contributed by atoms with Gasteiger partial charge in [0.2, 0.25) is 5.88 Å². The van der Waals surface area contributed by atoms with Crippen LogP contribution in [0.15, 0.2) is 18.3 Å². The molecule has 6 nitrogen and oxygen atoms in total. The van der Waals surface area contributed by atoms with Crippen molar-refractivity contribution in [2.24, 2.45) is 0 Å². The Morgan fingerprint density at radius 1 is 1.33 bits per heavy atom. The fourth-order valence-electron chi connectivity index (χ4n) is 3.26. The lowest BCUT2D eigenvalue weighted by atomic mass is 10.1. The maximum absolute atomic E-state index is 12.2. The first-order chi connectivity index (χ1) is 10.0. The molecule has 2 aliphatic heterocycles. The number of fused-ring (bicyclic) bond motifs is 2. The zero-order valence-corrected chi connectivity index (χ0v) is 12.6. The minimum atomic E-state index is -2.95. The Labute approximate surface area is 123 Å². The highest BCUT2D eigenvalue weighted by atomic mass is 32.2. The molecule has 0 spiro atoms. The molecule has 1 N–H and O–H groups in total. The molecule has 1 aromatic heterocycles. The highest BCUT2D eigenvalue weighted by Gasteiger charge is 2.47. The summed E-state index contributed by atoms with van der Waals surface area (Å²) in [4.78, 5) is 16.2. The first kappa shape index (κ1) is 14.3. The van der Waals surface area contributed by atoms with Crippen LogP contribution in [-0.2, 0) is 9.84 Å². The predicted molar refractivity (Wildman–Crippen MR) is 77.0 cm³/mol. The molecule has 2 atom stereocenters. The van der Waals surface area contributed by atoms with Crippen molar-refractivity contribution in [2.45, 2.75) is 42.2 Å². The van der Waals surface area contributed by atoms with Gasteiger partial charge in [0.1, 0.15) is 0 Å². The number of pyridine rings is 1. The van der Waals surface area contributed by atoms with Crippen molar-refractivity contribution < 1.29 is 17.9 Å². The molecule has 21 heavy (non-hydrogen) atoms. The van der Waals surface area contributed by atoms with Crippen LogP contribution in [0, 0.1) is 0 Å². The van der Waals surface area contributed by atoms with Gasteiger partial charge in [0, 0.05) is 23.9 Å². The number of amides is 1. The lowest BCUT2D eigenvalue weighted by Crippen LogP contribution is -2.45. The van der Waals surface area contributed by atoms with E-state index < -0.39 is 9.84 Å². The van der Waals surface area contributed by atoms with E-state index in [1.54, 1.807) is 12.1 Å². The monoisotopic (exact) mass is 310 g/mol. The van der Waals surface area contributed by atoms with Gasteiger partial charge >= 0.3 is 0 Å². The first-order valence-electron chi connectivity index (χ1n) is 7.04. The molecule has 2 bridgehead atoms. The van der Waals surface area contributed by atoms with Crippen LogP contribution < -0.4 is 10.1 Å². The number of sulfone groups is 1. The van der Waals surface area contributed by atoms with Gasteiger partial charge in [0.05, 0.1) is 17.6 Å². The summed E-state index contributed by atoms with van der Waals surface area (Å²) in [6.45, 7) is 0. The molecule has 0 radical (unpaired) electrons. The number of rotatable bonds is 3. The van der Waals surface area contributed by atoms with Gasteiger partial charge in [-0.2, -0.15) is 0 Å². The summed E-state index contributed by atoms with van der Waals surface area (Å²) in [5.74, 6) is 0.174. The van der Waals surface area contributed by atoms with E-state index in [0.29, 0.717) is 24.3 Å². The number of carbonyl (C=O) groups excluding carboxylic acids is 1. The predicted octanol–water partition coefficient (Wildman–Crippen LogP) is 0.928. The molecule has 2 aliphatic rings. The van der Waals surface area contributed by atoms with E-state index in [1.165, 1.54) is 13.3 Å². The maximum atomic E-state index is 12.2. The van der Waals surface area contributed by atoms with Crippen molar-refractivity contribution in [3.63, 3.8) is 0 Å². The fraction of sp³-hybridized carbons (Fsp3) is 0.571. The summed E-state index contributed by atoms with van der Waals surface area (Å²) >= 11 is 0. The van der Waals surface area contributed by atoms with E-state index in [-0.39, 0.29) is 22.4 Å². The van der Waals surface area contributed by atoms with Crippen molar-refractivity contribution in [1.29, 1.82) is 0 Å². The van der Waals surface area contributed by atoms with Crippen LogP contribution in [0.5, 0.6) is 5.88 Å². The van der Waals surface area contributed by atoms with Gasteiger partial charge in [0.15, 0.2) is 9.84 Å². The van der Waals surface area contributed by atoms with E-state index in [2.05, 4.69) is 10.3 Å². The molecular weight excluding hydrogens is 292 g/mol. The molecular formula is C14H18N2O4S. The number of carbonyl (C=O) groups is 1. The van der Waals surface area contributed by atoms with Gasteiger partial charge < -0.3 is 10.1 Å². The lowest BCUT2D eigenvalue weighted by molar-refractivity contribution is 0.0932. The van der Waals surface area contributed by atoms with Crippen molar-refractivity contribution in [3.8, 4) is 5.88 Å². The number of hydrogen-bond donors (Lipinski definition) is 1. The number of ether oxygens (including phenoxy) is 1. The van der Waals surface area contributed by atoms with E-state index in [4.69, 9.17) is 4.74 Å². The maximum Gasteiger partial charge on any atom is 0.251 e. The van der Waals surface area contributed by atoms with Gasteiger partial charge in [-0.3, -0.25) is 4.79 Å². The van der Waals surface area contributed by atoms with E-state index in [9.17, 15) is 13.2 Å². The fourth-order valence-corrected chi connectivity index (χ4v) is 5.73. The van der Waals surface area contributed by atoms with Gasteiger partial charge in [-0.15, -0.1) is 0 Å². The molecule has 1 amide bonds. The van der Waals surface area contributed by atoms with E-state index >= 15 is 0 Å². The molecule has 3 rings (SSSR count). The minimum Gasteiger partial charge on any atom is -0.481 e. The van der Waals surface area contributed by atoms with Crippen LogP contribution in [-0.4, -0.2) is 43.0 Å². The summed E-state index contributed by atoms with van der Waals surface area (Å²) in [6.07, 6.45) is 4.01. The standard InChI is InChI=1S/C14H18N2O4S/c1-20-13-6-9(4-5-15-13)14(17)16-10-7-11-2-3-12(8-10)21(11,18)19/h4-6,10-12H,2-3,7-8H2,1H3,(H,16,17). The average molecular weight is 310 g/mol. The molecule has 0 aromatic carbocycles. The Morgan fingerprint density at radius 3 is 2.62 bits per heavy atom. The second kappa shape index (κ2) is 5.29. The summed E-state index contributed by atoms with van der Waals surface area (Å²) in [5, 5.41) is 2.37. The Bertz CT molecular complexity index is 639. The summed E-state index contributed by atoms with van der Waals surface area (Å²) in [5.41, 5.74) is 0.475. The largest absolute Gasteiger partial charge is 0.481 e. The third-order valence-corrected chi connectivity index (χ3v) is 7.09. The van der Waals surface area contributed by atoms with E-state index in [1.807, 2.05) is 0 Å². The van der Waals surface area contributed by atoms with Crippen LogP contribution in [0.25, 0.3) is 0 Å². The SMILES string of the molecule is COc1cc(C(=O)NC2CC3CCC(C2)S3(=O)=O)ccn1. The molecule has 1 aromatic rings. The third kappa shape index (κ3) is 2.62. The summed E-state index contributed by atoms with van der Waals surface area (Å²) in [6, 6.07) is 3.12. The normalized spacial score (nSPS) is 29.9. The number of aromatic nitrogens is 1. The van der Waals surface area contributed by atoms with Gasteiger partial charge in [0.25, 0.3) is 5.91 Å². The Morgan fingerprint density at radius 2 is 2.00 bits per heavy atom. The number of hydrogen-bond acceptors (Lipinski definition) is 5.